The number of amides is 1. The first kappa shape index (κ1) is 15.4. The van der Waals surface area contributed by atoms with Crippen LogP contribution in [-0.4, -0.2) is 19.0 Å². The van der Waals surface area contributed by atoms with Crippen LogP contribution in [0.5, 0.6) is 0 Å². The molecule has 0 aliphatic rings. The minimum Gasteiger partial charge on any atom is -0.356 e. The minimum absolute atomic E-state index is 0.103. The third-order valence-electron chi connectivity index (χ3n) is 2.75. The lowest BCUT2D eigenvalue weighted by molar-refractivity contribution is -0.121. The van der Waals surface area contributed by atoms with Crippen LogP contribution in [-0.2, 0) is 4.79 Å². The Labute approximate surface area is 100 Å². The maximum atomic E-state index is 11.4. The summed E-state index contributed by atoms with van der Waals surface area (Å²) in [6, 6.07) is 0. The van der Waals surface area contributed by atoms with Gasteiger partial charge in [-0.2, -0.15) is 0 Å². The van der Waals surface area contributed by atoms with Gasteiger partial charge in [-0.3, -0.25) is 4.79 Å². The van der Waals surface area contributed by atoms with Crippen molar-refractivity contribution in [3.63, 3.8) is 0 Å². The summed E-state index contributed by atoms with van der Waals surface area (Å²) in [6.07, 6.45) is 2.54. The molecule has 16 heavy (non-hydrogen) atoms. The molecule has 0 saturated heterocycles. The number of nitrogens with one attached hydrogen (secondary N) is 1. The Bertz CT molecular complexity index is 222. The van der Waals surface area contributed by atoms with E-state index in [9.17, 15) is 4.79 Å². The number of nitrogens with two attached hydrogens (primary N) is 1. The van der Waals surface area contributed by atoms with Gasteiger partial charge in [-0.1, -0.05) is 34.6 Å². The van der Waals surface area contributed by atoms with Crippen molar-refractivity contribution in [1.82, 2.24) is 5.32 Å². The van der Waals surface area contributed by atoms with Crippen LogP contribution in [0.4, 0.5) is 0 Å². The van der Waals surface area contributed by atoms with Crippen molar-refractivity contribution in [3.8, 4) is 0 Å². The van der Waals surface area contributed by atoms with E-state index in [0.717, 1.165) is 19.4 Å². The van der Waals surface area contributed by atoms with Crippen molar-refractivity contribution in [3.05, 3.63) is 0 Å². The molecule has 0 aromatic carbocycles. The highest BCUT2D eigenvalue weighted by Gasteiger charge is 2.27. The summed E-state index contributed by atoms with van der Waals surface area (Å²) in [6.45, 7) is 12.1. The lowest BCUT2D eigenvalue weighted by atomic mass is 9.75. The van der Waals surface area contributed by atoms with Crippen LogP contribution in [0.15, 0.2) is 0 Å². The van der Waals surface area contributed by atoms with Crippen molar-refractivity contribution in [2.45, 2.75) is 53.9 Å². The molecule has 3 nitrogen and oxygen atoms in total. The van der Waals surface area contributed by atoms with Crippen LogP contribution >= 0.6 is 0 Å². The molecule has 0 rings (SSSR count). The Morgan fingerprint density at radius 1 is 1.19 bits per heavy atom. The maximum absolute atomic E-state index is 11.4. The second kappa shape index (κ2) is 6.24. The van der Waals surface area contributed by atoms with E-state index in [-0.39, 0.29) is 16.7 Å². The van der Waals surface area contributed by atoms with Crippen molar-refractivity contribution in [2.75, 3.05) is 13.1 Å². The van der Waals surface area contributed by atoms with E-state index >= 15 is 0 Å². The zero-order chi connectivity index (χ0) is 12.8. The molecular weight excluding hydrogens is 200 g/mol. The summed E-state index contributed by atoms with van der Waals surface area (Å²) in [5.41, 5.74) is 5.97. The van der Waals surface area contributed by atoms with Gasteiger partial charge in [-0.25, -0.2) is 0 Å². The quantitative estimate of drug-likeness (QED) is 0.702. The van der Waals surface area contributed by atoms with Crippen LogP contribution in [0.3, 0.4) is 0 Å². The SMILES string of the molecule is CCCC(=O)NCC(C)(C)CC(C)(C)CN. The fraction of sp³-hybridized carbons (Fsp3) is 0.923. The van der Waals surface area contributed by atoms with E-state index in [1.54, 1.807) is 0 Å². The molecule has 0 aliphatic heterocycles. The van der Waals surface area contributed by atoms with Gasteiger partial charge in [0, 0.05) is 13.0 Å². The van der Waals surface area contributed by atoms with Crippen molar-refractivity contribution >= 4 is 5.91 Å². The molecular formula is C13H28N2O. The van der Waals surface area contributed by atoms with Gasteiger partial charge in [0.05, 0.1) is 0 Å². The predicted octanol–water partition coefficient (Wildman–Crippen LogP) is 2.30. The van der Waals surface area contributed by atoms with Gasteiger partial charge in [-0.05, 0) is 30.2 Å². The fourth-order valence-corrected chi connectivity index (χ4v) is 2.08. The summed E-state index contributed by atoms with van der Waals surface area (Å²) in [7, 11) is 0. The lowest BCUT2D eigenvalue weighted by Crippen LogP contribution is -2.38. The summed E-state index contributed by atoms with van der Waals surface area (Å²) in [5, 5.41) is 2.99. The van der Waals surface area contributed by atoms with Crippen LogP contribution in [0.25, 0.3) is 0 Å². The molecule has 0 spiro atoms. The standard InChI is InChI=1S/C13H28N2O/c1-6-7-11(16)15-10-13(4,5)8-12(2,3)9-14/h6-10,14H2,1-5H3,(H,15,16). The molecule has 3 heteroatoms. The molecule has 0 heterocycles. The van der Waals surface area contributed by atoms with Gasteiger partial charge < -0.3 is 11.1 Å². The lowest BCUT2D eigenvalue weighted by Gasteiger charge is -2.34. The maximum Gasteiger partial charge on any atom is 0.220 e. The Hall–Kier alpha value is -0.570. The smallest absolute Gasteiger partial charge is 0.220 e. The average Bonchev–Trinajstić information content (AvgIpc) is 2.14. The molecule has 0 saturated carbocycles. The van der Waals surface area contributed by atoms with Gasteiger partial charge in [0.2, 0.25) is 5.91 Å². The Kier molecular flexibility index (Phi) is 6.01. The molecule has 3 N–H and O–H groups in total. The second-order valence-electron chi connectivity index (χ2n) is 6.24. The number of hydrogen-bond donors (Lipinski definition) is 2. The first-order valence-electron chi connectivity index (χ1n) is 6.19. The monoisotopic (exact) mass is 228 g/mol. The molecule has 0 fully saturated rings. The summed E-state index contributed by atoms with van der Waals surface area (Å²) < 4.78 is 0. The number of hydrogen-bond acceptors (Lipinski definition) is 2. The van der Waals surface area contributed by atoms with Crippen LogP contribution < -0.4 is 11.1 Å². The molecule has 96 valence electrons. The topological polar surface area (TPSA) is 55.1 Å². The molecule has 0 radical (unpaired) electrons. The number of carbonyl (C=O) groups is 1. The largest absolute Gasteiger partial charge is 0.356 e. The highest BCUT2D eigenvalue weighted by Crippen LogP contribution is 2.32. The third kappa shape index (κ3) is 6.83. The number of carbonyl (C=O) groups excluding carboxylic acids is 1. The van der Waals surface area contributed by atoms with Crippen LogP contribution in [0.1, 0.15) is 53.9 Å². The van der Waals surface area contributed by atoms with E-state index < -0.39 is 0 Å². The van der Waals surface area contributed by atoms with Crippen molar-refractivity contribution in [1.29, 1.82) is 0 Å². The second-order valence-corrected chi connectivity index (χ2v) is 6.24. The summed E-state index contributed by atoms with van der Waals surface area (Å²) >= 11 is 0. The van der Waals surface area contributed by atoms with E-state index in [4.69, 9.17) is 5.73 Å². The van der Waals surface area contributed by atoms with Gasteiger partial charge in [0.1, 0.15) is 0 Å². The Morgan fingerprint density at radius 3 is 2.19 bits per heavy atom. The first-order valence-corrected chi connectivity index (χ1v) is 6.19. The zero-order valence-corrected chi connectivity index (χ0v) is 11.5. The van der Waals surface area contributed by atoms with E-state index in [1.807, 2.05) is 6.92 Å². The fourth-order valence-electron chi connectivity index (χ4n) is 2.08. The van der Waals surface area contributed by atoms with E-state index in [1.165, 1.54) is 0 Å². The molecule has 0 aromatic rings. The molecule has 0 atom stereocenters. The van der Waals surface area contributed by atoms with Crippen LogP contribution in [0.2, 0.25) is 0 Å². The van der Waals surface area contributed by atoms with Crippen molar-refractivity contribution in [2.24, 2.45) is 16.6 Å². The number of rotatable bonds is 7. The molecule has 0 aromatic heterocycles. The predicted molar refractivity (Wildman–Crippen MR) is 69.2 cm³/mol. The summed E-state index contributed by atoms with van der Waals surface area (Å²) in [5.74, 6) is 0.154. The zero-order valence-electron chi connectivity index (χ0n) is 11.5. The Morgan fingerprint density at radius 2 is 1.75 bits per heavy atom. The van der Waals surface area contributed by atoms with E-state index in [0.29, 0.717) is 13.0 Å². The van der Waals surface area contributed by atoms with Gasteiger partial charge in [0.15, 0.2) is 0 Å². The first-order chi connectivity index (χ1) is 7.22. The molecule has 0 bridgehead atoms. The van der Waals surface area contributed by atoms with Gasteiger partial charge >= 0.3 is 0 Å². The van der Waals surface area contributed by atoms with E-state index in [2.05, 4.69) is 33.0 Å². The minimum atomic E-state index is 0.103. The Balaban J connectivity index is 4.09. The highest BCUT2D eigenvalue weighted by atomic mass is 16.1. The third-order valence-corrected chi connectivity index (χ3v) is 2.75. The molecule has 1 amide bonds. The molecule has 0 unspecified atom stereocenters. The van der Waals surface area contributed by atoms with Gasteiger partial charge in [0.25, 0.3) is 0 Å². The summed E-state index contributed by atoms with van der Waals surface area (Å²) in [4.78, 5) is 11.4. The van der Waals surface area contributed by atoms with Gasteiger partial charge in [-0.15, -0.1) is 0 Å². The van der Waals surface area contributed by atoms with Crippen molar-refractivity contribution < 1.29 is 4.79 Å². The normalized spacial score (nSPS) is 12.6. The molecule has 0 aliphatic carbocycles. The van der Waals surface area contributed by atoms with Crippen LogP contribution in [0, 0.1) is 10.8 Å². The average molecular weight is 228 g/mol. The highest BCUT2D eigenvalue weighted by molar-refractivity contribution is 5.75.